The highest BCUT2D eigenvalue weighted by molar-refractivity contribution is 5.92. The Morgan fingerprint density at radius 1 is 1.43 bits per heavy atom. The van der Waals surface area contributed by atoms with Crippen LogP contribution in [0, 0.1) is 11.8 Å². The highest BCUT2D eigenvalue weighted by Crippen LogP contribution is 2.40. The SMILES string of the molecule is C[C@@H]1CN(CC2CCNC2)C[C@@H]1NC(=O)c1cc(C2CC2)on1. The van der Waals surface area contributed by atoms with Gasteiger partial charge in [0.25, 0.3) is 5.91 Å². The zero-order valence-corrected chi connectivity index (χ0v) is 13.8. The van der Waals surface area contributed by atoms with Crippen LogP contribution in [0.2, 0.25) is 0 Å². The van der Waals surface area contributed by atoms with Crippen molar-refractivity contribution in [1.82, 2.24) is 20.7 Å². The molecule has 1 unspecified atom stereocenters. The van der Waals surface area contributed by atoms with Gasteiger partial charge in [-0.1, -0.05) is 12.1 Å². The molecule has 6 heteroatoms. The van der Waals surface area contributed by atoms with Crippen LogP contribution in [0.3, 0.4) is 0 Å². The summed E-state index contributed by atoms with van der Waals surface area (Å²) in [6, 6.07) is 2.02. The van der Waals surface area contributed by atoms with Crippen molar-refractivity contribution in [2.45, 2.75) is 38.1 Å². The Labute approximate surface area is 137 Å². The fourth-order valence-corrected chi connectivity index (χ4v) is 3.84. The van der Waals surface area contributed by atoms with Crippen molar-refractivity contribution >= 4 is 5.91 Å². The molecule has 1 saturated carbocycles. The fourth-order valence-electron chi connectivity index (χ4n) is 3.84. The van der Waals surface area contributed by atoms with E-state index < -0.39 is 0 Å². The average molecular weight is 318 g/mol. The summed E-state index contributed by atoms with van der Waals surface area (Å²) >= 11 is 0. The summed E-state index contributed by atoms with van der Waals surface area (Å²) in [7, 11) is 0. The van der Waals surface area contributed by atoms with Crippen molar-refractivity contribution in [3.63, 3.8) is 0 Å². The van der Waals surface area contributed by atoms with Crippen molar-refractivity contribution < 1.29 is 9.32 Å². The van der Waals surface area contributed by atoms with Gasteiger partial charge in [-0.2, -0.15) is 0 Å². The number of nitrogens with zero attached hydrogens (tertiary/aromatic N) is 2. The summed E-state index contributed by atoms with van der Waals surface area (Å²) in [5.41, 5.74) is 0.428. The summed E-state index contributed by atoms with van der Waals surface area (Å²) < 4.78 is 5.28. The lowest BCUT2D eigenvalue weighted by atomic mass is 10.1. The number of aromatic nitrogens is 1. The van der Waals surface area contributed by atoms with Gasteiger partial charge in [0.1, 0.15) is 5.76 Å². The third kappa shape index (κ3) is 3.43. The molecule has 3 aliphatic rings. The van der Waals surface area contributed by atoms with Gasteiger partial charge < -0.3 is 20.1 Å². The Morgan fingerprint density at radius 3 is 3.04 bits per heavy atom. The Kier molecular flexibility index (Phi) is 4.11. The topological polar surface area (TPSA) is 70.4 Å². The van der Waals surface area contributed by atoms with Crippen LogP contribution in [0.15, 0.2) is 10.6 Å². The van der Waals surface area contributed by atoms with Crippen molar-refractivity contribution in [2.24, 2.45) is 11.8 Å². The maximum Gasteiger partial charge on any atom is 0.273 e. The highest BCUT2D eigenvalue weighted by Gasteiger charge is 2.34. The molecule has 23 heavy (non-hydrogen) atoms. The predicted octanol–water partition coefficient (Wildman–Crippen LogP) is 1.21. The van der Waals surface area contributed by atoms with Gasteiger partial charge in [0.15, 0.2) is 5.69 Å². The Hall–Kier alpha value is -1.40. The van der Waals surface area contributed by atoms with Gasteiger partial charge in [-0.3, -0.25) is 4.79 Å². The molecule has 2 aliphatic heterocycles. The molecule has 3 heterocycles. The van der Waals surface area contributed by atoms with Crippen LogP contribution in [-0.4, -0.2) is 54.7 Å². The zero-order valence-electron chi connectivity index (χ0n) is 13.8. The standard InChI is InChI=1S/C17H26N4O2/c1-11-8-21(9-12-4-5-18-7-12)10-15(11)19-17(22)14-6-16(23-20-14)13-2-3-13/h6,11-13,15,18H,2-5,7-10H2,1H3,(H,19,22)/t11-,12?,15+/m1/s1. The van der Waals surface area contributed by atoms with Crippen LogP contribution in [0.5, 0.6) is 0 Å². The van der Waals surface area contributed by atoms with Crippen LogP contribution in [-0.2, 0) is 0 Å². The molecule has 3 atom stereocenters. The second-order valence-corrected chi connectivity index (χ2v) is 7.52. The molecule has 1 aromatic rings. The number of likely N-dealkylation sites (tertiary alicyclic amines) is 1. The second kappa shape index (κ2) is 6.24. The van der Waals surface area contributed by atoms with E-state index in [9.17, 15) is 4.79 Å². The van der Waals surface area contributed by atoms with Crippen molar-refractivity contribution in [3.05, 3.63) is 17.5 Å². The van der Waals surface area contributed by atoms with Crippen molar-refractivity contribution in [1.29, 1.82) is 0 Å². The lowest BCUT2D eigenvalue weighted by Gasteiger charge is -2.19. The van der Waals surface area contributed by atoms with E-state index in [1.54, 1.807) is 0 Å². The van der Waals surface area contributed by atoms with Crippen LogP contribution < -0.4 is 10.6 Å². The van der Waals surface area contributed by atoms with Crippen LogP contribution >= 0.6 is 0 Å². The first-order valence-corrected chi connectivity index (χ1v) is 8.89. The molecular weight excluding hydrogens is 292 g/mol. The van der Waals surface area contributed by atoms with E-state index in [0.29, 0.717) is 17.5 Å². The van der Waals surface area contributed by atoms with Gasteiger partial charge in [-0.25, -0.2) is 0 Å². The molecule has 3 fully saturated rings. The van der Waals surface area contributed by atoms with E-state index in [-0.39, 0.29) is 11.9 Å². The smallest absolute Gasteiger partial charge is 0.273 e. The summed E-state index contributed by atoms with van der Waals surface area (Å²) in [5.74, 6) is 2.49. The number of carbonyl (C=O) groups excluding carboxylic acids is 1. The number of rotatable bonds is 5. The van der Waals surface area contributed by atoms with E-state index in [4.69, 9.17) is 4.52 Å². The van der Waals surface area contributed by atoms with Crippen LogP contribution in [0.1, 0.15) is 48.4 Å². The van der Waals surface area contributed by atoms with E-state index in [1.165, 1.54) is 6.42 Å². The molecule has 0 bridgehead atoms. The van der Waals surface area contributed by atoms with E-state index in [0.717, 1.165) is 57.2 Å². The fraction of sp³-hybridized carbons (Fsp3) is 0.765. The van der Waals surface area contributed by atoms with Gasteiger partial charge in [-0.15, -0.1) is 0 Å². The Balaban J connectivity index is 1.31. The minimum absolute atomic E-state index is 0.0955. The maximum absolute atomic E-state index is 12.4. The molecule has 1 aliphatic carbocycles. The molecule has 126 valence electrons. The molecule has 6 nitrogen and oxygen atoms in total. The number of nitrogens with one attached hydrogen (secondary N) is 2. The summed E-state index contributed by atoms with van der Waals surface area (Å²) in [5, 5.41) is 10.5. The lowest BCUT2D eigenvalue weighted by Crippen LogP contribution is -2.40. The summed E-state index contributed by atoms with van der Waals surface area (Å²) in [6.45, 7) is 7.63. The van der Waals surface area contributed by atoms with Gasteiger partial charge in [0, 0.05) is 37.7 Å². The number of hydrogen-bond acceptors (Lipinski definition) is 5. The molecule has 2 N–H and O–H groups in total. The van der Waals surface area contributed by atoms with Gasteiger partial charge in [-0.05, 0) is 44.2 Å². The molecule has 0 aromatic carbocycles. The minimum atomic E-state index is -0.0955. The second-order valence-electron chi connectivity index (χ2n) is 7.52. The van der Waals surface area contributed by atoms with E-state index in [1.807, 2.05) is 6.07 Å². The number of hydrogen-bond donors (Lipinski definition) is 2. The van der Waals surface area contributed by atoms with E-state index >= 15 is 0 Å². The first-order valence-electron chi connectivity index (χ1n) is 8.89. The van der Waals surface area contributed by atoms with Crippen molar-refractivity contribution in [3.8, 4) is 0 Å². The largest absolute Gasteiger partial charge is 0.360 e. The third-order valence-corrected chi connectivity index (χ3v) is 5.42. The molecule has 0 spiro atoms. The Morgan fingerprint density at radius 2 is 2.30 bits per heavy atom. The molecule has 1 amide bonds. The summed E-state index contributed by atoms with van der Waals surface area (Å²) in [4.78, 5) is 14.9. The van der Waals surface area contributed by atoms with Gasteiger partial charge in [0.05, 0.1) is 0 Å². The van der Waals surface area contributed by atoms with Crippen LogP contribution in [0.25, 0.3) is 0 Å². The first-order chi connectivity index (χ1) is 11.2. The highest BCUT2D eigenvalue weighted by atomic mass is 16.5. The maximum atomic E-state index is 12.4. The number of carbonyl (C=O) groups is 1. The molecule has 0 radical (unpaired) electrons. The monoisotopic (exact) mass is 318 g/mol. The zero-order chi connectivity index (χ0) is 15.8. The summed E-state index contributed by atoms with van der Waals surface area (Å²) in [6.07, 6.45) is 3.58. The molecule has 2 saturated heterocycles. The normalized spacial score (nSPS) is 31.6. The average Bonchev–Trinajstić information content (AvgIpc) is 2.94. The molecule has 4 rings (SSSR count). The van der Waals surface area contributed by atoms with Crippen LogP contribution in [0.4, 0.5) is 0 Å². The van der Waals surface area contributed by atoms with Gasteiger partial charge in [0.2, 0.25) is 0 Å². The lowest BCUT2D eigenvalue weighted by molar-refractivity contribution is 0.0922. The number of amides is 1. The first kappa shape index (κ1) is 15.1. The quantitative estimate of drug-likeness (QED) is 0.854. The predicted molar refractivity (Wildman–Crippen MR) is 86.3 cm³/mol. The minimum Gasteiger partial charge on any atom is -0.360 e. The molecule has 1 aromatic heterocycles. The van der Waals surface area contributed by atoms with Crippen molar-refractivity contribution in [2.75, 3.05) is 32.7 Å². The third-order valence-electron chi connectivity index (χ3n) is 5.42. The van der Waals surface area contributed by atoms with Gasteiger partial charge >= 0.3 is 0 Å². The van der Waals surface area contributed by atoms with E-state index in [2.05, 4.69) is 27.6 Å². The Bertz CT molecular complexity index is 563. The molecular formula is C17H26N4O2.